The summed E-state index contributed by atoms with van der Waals surface area (Å²) in [6.45, 7) is 5.98. The second-order valence-corrected chi connectivity index (χ2v) is 8.13. The molecule has 0 atom stereocenters. The molecule has 2 amide bonds. The molecule has 9 nitrogen and oxygen atoms in total. The van der Waals surface area contributed by atoms with Crippen LogP contribution in [0.15, 0.2) is 18.3 Å². The molecule has 2 heterocycles. The number of aromatic nitrogens is 1. The Morgan fingerprint density at radius 3 is 2.19 bits per heavy atom. The number of halogens is 1. The minimum atomic E-state index is -0.905. The van der Waals surface area contributed by atoms with Gasteiger partial charge in [-0.15, -0.1) is 0 Å². The number of carbonyl (C=O) groups excluding carboxylic acids is 4. The zero-order valence-corrected chi connectivity index (χ0v) is 17.8. The molecule has 0 unspecified atom stereocenters. The van der Waals surface area contributed by atoms with Crippen LogP contribution >= 0.6 is 0 Å². The molecule has 0 bridgehead atoms. The first-order valence-electron chi connectivity index (χ1n) is 9.73. The van der Waals surface area contributed by atoms with Crippen molar-refractivity contribution < 1.29 is 33.0 Å². The highest BCUT2D eigenvalue weighted by atomic mass is 19.1. The first-order chi connectivity index (χ1) is 14.5. The molecule has 1 aliphatic heterocycles. The Morgan fingerprint density at radius 2 is 1.61 bits per heavy atom. The Morgan fingerprint density at radius 1 is 1.00 bits per heavy atom. The predicted molar refractivity (Wildman–Crippen MR) is 108 cm³/mol. The van der Waals surface area contributed by atoms with Crippen LogP contribution in [0.3, 0.4) is 0 Å². The molecule has 1 aromatic carbocycles. The van der Waals surface area contributed by atoms with Crippen LogP contribution in [0.4, 0.5) is 9.18 Å². The zero-order valence-electron chi connectivity index (χ0n) is 17.8. The lowest BCUT2D eigenvalue weighted by atomic mass is 10.0. The summed E-state index contributed by atoms with van der Waals surface area (Å²) < 4.78 is 24.4. The third-order valence-corrected chi connectivity index (χ3v) is 4.85. The van der Waals surface area contributed by atoms with Gasteiger partial charge in [0.05, 0.1) is 23.8 Å². The van der Waals surface area contributed by atoms with Crippen molar-refractivity contribution in [2.75, 3.05) is 33.3 Å². The molecule has 10 heteroatoms. The number of hydrogen-bond donors (Lipinski definition) is 1. The molecular weight excluding hydrogens is 409 g/mol. The molecule has 1 N–H and O–H groups in total. The van der Waals surface area contributed by atoms with Crippen molar-refractivity contribution in [3.8, 4) is 0 Å². The first-order valence-corrected chi connectivity index (χ1v) is 9.73. The van der Waals surface area contributed by atoms with Gasteiger partial charge in [0.2, 0.25) is 0 Å². The maximum atomic E-state index is 14.5. The lowest BCUT2D eigenvalue weighted by molar-refractivity contribution is -0.128. The molecule has 31 heavy (non-hydrogen) atoms. The van der Waals surface area contributed by atoms with Gasteiger partial charge >= 0.3 is 12.1 Å². The molecule has 0 saturated carbocycles. The smallest absolute Gasteiger partial charge is 0.410 e. The number of carbonyl (C=O) groups is 4. The van der Waals surface area contributed by atoms with E-state index in [-0.39, 0.29) is 48.2 Å². The van der Waals surface area contributed by atoms with Crippen molar-refractivity contribution in [1.82, 2.24) is 14.8 Å². The number of esters is 1. The summed E-state index contributed by atoms with van der Waals surface area (Å²) in [6, 6.07) is 2.29. The number of methoxy groups -OCH3 is 1. The molecule has 1 aliphatic rings. The molecule has 1 saturated heterocycles. The van der Waals surface area contributed by atoms with Crippen molar-refractivity contribution >= 4 is 34.7 Å². The van der Waals surface area contributed by atoms with Crippen LogP contribution in [0.2, 0.25) is 0 Å². The van der Waals surface area contributed by atoms with E-state index in [2.05, 4.69) is 9.72 Å². The number of ether oxygens (including phenoxy) is 2. The third kappa shape index (κ3) is 4.52. The second kappa shape index (κ2) is 8.37. The number of nitrogens with zero attached hydrogens (tertiary/aromatic N) is 2. The van der Waals surface area contributed by atoms with Crippen molar-refractivity contribution in [2.24, 2.45) is 0 Å². The Labute approximate surface area is 178 Å². The monoisotopic (exact) mass is 433 g/mol. The van der Waals surface area contributed by atoms with Crippen molar-refractivity contribution in [3.05, 3.63) is 35.3 Å². The zero-order chi connectivity index (χ0) is 22.9. The van der Waals surface area contributed by atoms with Gasteiger partial charge in [0, 0.05) is 37.8 Å². The van der Waals surface area contributed by atoms with Crippen LogP contribution in [0.25, 0.3) is 10.9 Å². The van der Waals surface area contributed by atoms with E-state index >= 15 is 0 Å². The fourth-order valence-electron chi connectivity index (χ4n) is 3.34. The largest absolute Gasteiger partial charge is 0.465 e. The predicted octanol–water partition coefficient (Wildman–Crippen LogP) is 2.36. The van der Waals surface area contributed by atoms with Crippen molar-refractivity contribution in [2.45, 2.75) is 26.4 Å². The maximum Gasteiger partial charge on any atom is 0.410 e. The highest BCUT2D eigenvalue weighted by Gasteiger charge is 2.32. The molecule has 1 aromatic heterocycles. The van der Waals surface area contributed by atoms with Crippen LogP contribution in [0.5, 0.6) is 0 Å². The van der Waals surface area contributed by atoms with Gasteiger partial charge in [0.1, 0.15) is 11.4 Å². The molecule has 1 fully saturated rings. The van der Waals surface area contributed by atoms with Gasteiger partial charge in [-0.05, 0) is 32.9 Å². The van der Waals surface area contributed by atoms with Gasteiger partial charge in [-0.25, -0.2) is 14.0 Å². The van der Waals surface area contributed by atoms with E-state index in [1.54, 1.807) is 20.8 Å². The Hall–Kier alpha value is -3.43. The van der Waals surface area contributed by atoms with E-state index in [4.69, 9.17) is 4.74 Å². The molecular formula is C21H24FN3O6. The number of fused-ring (bicyclic) bond motifs is 1. The molecule has 3 rings (SSSR count). The van der Waals surface area contributed by atoms with Crippen molar-refractivity contribution in [3.63, 3.8) is 0 Å². The van der Waals surface area contributed by atoms with Crippen LogP contribution < -0.4 is 0 Å². The summed E-state index contributed by atoms with van der Waals surface area (Å²) in [6.07, 6.45) is 0.720. The van der Waals surface area contributed by atoms with E-state index in [1.807, 2.05) is 0 Å². The quantitative estimate of drug-likeness (QED) is 0.452. The summed E-state index contributed by atoms with van der Waals surface area (Å²) in [5.41, 5.74) is -0.672. The van der Waals surface area contributed by atoms with Gasteiger partial charge < -0.3 is 24.3 Å². The number of amides is 2. The lowest BCUT2D eigenvalue weighted by Crippen LogP contribution is -2.53. The number of nitrogens with one attached hydrogen (secondary N) is 1. The minimum absolute atomic E-state index is 0.0522. The average molecular weight is 433 g/mol. The molecule has 0 radical (unpaired) electrons. The van der Waals surface area contributed by atoms with Crippen LogP contribution in [0.1, 0.15) is 41.5 Å². The highest BCUT2D eigenvalue weighted by Crippen LogP contribution is 2.26. The topological polar surface area (TPSA) is 109 Å². The SMILES string of the molecule is COC(=O)c1ccc(F)c2c(C(=O)C(=O)N3CCN(C(=O)OC(C)(C)C)CC3)c[nH]c12. The number of ketones is 1. The summed E-state index contributed by atoms with van der Waals surface area (Å²) in [4.78, 5) is 55.1. The number of aromatic amines is 1. The third-order valence-electron chi connectivity index (χ3n) is 4.85. The summed E-state index contributed by atoms with van der Waals surface area (Å²) in [5.74, 6) is -3.16. The fraction of sp³-hybridized carbons (Fsp3) is 0.429. The first kappa shape index (κ1) is 22.3. The number of hydrogen-bond acceptors (Lipinski definition) is 6. The Balaban J connectivity index is 1.76. The molecule has 2 aromatic rings. The number of benzene rings is 1. The number of piperazine rings is 1. The average Bonchev–Trinajstić information content (AvgIpc) is 3.17. The van der Waals surface area contributed by atoms with Crippen LogP contribution in [0, 0.1) is 5.82 Å². The van der Waals surface area contributed by atoms with E-state index in [0.717, 1.165) is 6.07 Å². The maximum absolute atomic E-state index is 14.5. The van der Waals surface area contributed by atoms with Crippen molar-refractivity contribution in [1.29, 1.82) is 0 Å². The second-order valence-electron chi connectivity index (χ2n) is 8.13. The Bertz CT molecular complexity index is 1050. The van der Waals surface area contributed by atoms with Crippen LogP contribution in [-0.2, 0) is 14.3 Å². The lowest BCUT2D eigenvalue weighted by Gasteiger charge is -2.35. The van der Waals surface area contributed by atoms with E-state index in [0.29, 0.717) is 0 Å². The standard InChI is InChI=1S/C21H24FN3O6/c1-21(2,3)31-20(29)25-9-7-24(8-10-25)18(27)17(26)13-11-23-16-12(19(28)30-4)5-6-14(22)15(13)16/h5-6,11,23H,7-10H2,1-4H3. The summed E-state index contributed by atoms with van der Waals surface area (Å²) in [5, 5.41) is -0.145. The minimum Gasteiger partial charge on any atom is -0.465 e. The van der Waals surface area contributed by atoms with Gasteiger partial charge in [-0.1, -0.05) is 0 Å². The Kier molecular flexibility index (Phi) is 6.01. The summed E-state index contributed by atoms with van der Waals surface area (Å²) in [7, 11) is 1.19. The van der Waals surface area contributed by atoms with E-state index in [9.17, 15) is 23.6 Å². The number of H-pyrrole nitrogens is 1. The van der Waals surface area contributed by atoms with Gasteiger partial charge in [-0.2, -0.15) is 0 Å². The number of Topliss-reactive ketones (excluding diaryl/α,β-unsaturated/α-hetero) is 1. The molecule has 0 aliphatic carbocycles. The summed E-state index contributed by atoms with van der Waals surface area (Å²) >= 11 is 0. The highest BCUT2D eigenvalue weighted by molar-refractivity contribution is 6.45. The van der Waals surface area contributed by atoms with Gasteiger partial charge in [-0.3, -0.25) is 9.59 Å². The van der Waals surface area contributed by atoms with Gasteiger partial charge in [0.25, 0.3) is 11.7 Å². The fourth-order valence-corrected chi connectivity index (χ4v) is 3.34. The van der Waals surface area contributed by atoms with E-state index < -0.39 is 35.2 Å². The molecule has 0 spiro atoms. The van der Waals surface area contributed by atoms with Crippen LogP contribution in [-0.4, -0.2) is 77.4 Å². The normalized spacial score (nSPS) is 14.5. The van der Waals surface area contributed by atoms with Gasteiger partial charge in [0.15, 0.2) is 0 Å². The van der Waals surface area contributed by atoms with E-state index in [1.165, 1.54) is 29.2 Å². The molecule has 166 valence electrons. The number of rotatable bonds is 3.